The van der Waals surface area contributed by atoms with E-state index in [4.69, 9.17) is 9.47 Å². The molecule has 0 aliphatic heterocycles. The van der Waals surface area contributed by atoms with Crippen molar-refractivity contribution in [3.63, 3.8) is 0 Å². The third-order valence-corrected chi connectivity index (χ3v) is 3.47. The van der Waals surface area contributed by atoms with E-state index < -0.39 is 0 Å². The van der Waals surface area contributed by atoms with E-state index in [1.54, 1.807) is 0 Å². The Hall–Kier alpha value is -1.06. The number of rotatable bonds is 10. The van der Waals surface area contributed by atoms with Gasteiger partial charge in [0.1, 0.15) is 5.75 Å². The lowest BCUT2D eigenvalue weighted by Crippen LogP contribution is -2.23. The van der Waals surface area contributed by atoms with E-state index in [1.165, 1.54) is 18.4 Å². The molecule has 3 heteroatoms. The average Bonchev–Trinajstić information content (AvgIpc) is 2.44. The summed E-state index contributed by atoms with van der Waals surface area (Å²) in [5.74, 6) is 1.55. The Morgan fingerprint density at radius 3 is 2.24 bits per heavy atom. The number of hydrogen-bond acceptors (Lipinski definition) is 3. The van der Waals surface area contributed by atoms with Crippen molar-refractivity contribution in [1.29, 1.82) is 0 Å². The van der Waals surface area contributed by atoms with Gasteiger partial charge in [0, 0.05) is 6.61 Å². The Balaban J connectivity index is 2.48. The standard InChI is InChI=1S/C18H31NO2/c1-6-7-15(4)12-20-13-18(19-5)16-8-10-17(11-9-16)21-14(2)3/h8-11,14-15,18-19H,6-7,12-13H2,1-5H3. The van der Waals surface area contributed by atoms with Crippen molar-refractivity contribution in [2.75, 3.05) is 20.3 Å². The van der Waals surface area contributed by atoms with Crippen LogP contribution < -0.4 is 10.1 Å². The highest BCUT2D eigenvalue weighted by atomic mass is 16.5. The van der Waals surface area contributed by atoms with Crippen molar-refractivity contribution in [2.24, 2.45) is 5.92 Å². The molecule has 0 aromatic heterocycles. The number of benzene rings is 1. The van der Waals surface area contributed by atoms with E-state index in [2.05, 4.69) is 31.3 Å². The third kappa shape index (κ3) is 6.96. The molecular weight excluding hydrogens is 262 g/mol. The molecule has 0 aliphatic rings. The summed E-state index contributed by atoms with van der Waals surface area (Å²) in [6.45, 7) is 10.1. The van der Waals surface area contributed by atoms with Crippen LogP contribution in [0.3, 0.4) is 0 Å². The zero-order valence-corrected chi connectivity index (χ0v) is 14.2. The monoisotopic (exact) mass is 293 g/mol. The Kier molecular flexibility index (Phi) is 8.40. The topological polar surface area (TPSA) is 30.5 Å². The molecule has 3 nitrogen and oxygen atoms in total. The number of hydrogen-bond donors (Lipinski definition) is 1. The molecule has 0 saturated carbocycles. The summed E-state index contributed by atoms with van der Waals surface area (Å²) in [5.41, 5.74) is 1.23. The SMILES string of the molecule is CCCC(C)COCC(NC)c1ccc(OC(C)C)cc1. The molecule has 1 N–H and O–H groups in total. The predicted molar refractivity (Wildman–Crippen MR) is 88.9 cm³/mol. The lowest BCUT2D eigenvalue weighted by atomic mass is 10.1. The maximum absolute atomic E-state index is 5.86. The molecule has 120 valence electrons. The summed E-state index contributed by atoms with van der Waals surface area (Å²) in [6.07, 6.45) is 2.65. The molecule has 0 bridgehead atoms. The Bertz CT molecular complexity index is 375. The minimum Gasteiger partial charge on any atom is -0.491 e. The van der Waals surface area contributed by atoms with Crippen LogP contribution in [0.15, 0.2) is 24.3 Å². The molecule has 1 aromatic carbocycles. The molecule has 2 unspecified atom stereocenters. The van der Waals surface area contributed by atoms with Gasteiger partial charge in [0.05, 0.1) is 18.8 Å². The second-order valence-corrected chi connectivity index (χ2v) is 6.01. The molecule has 0 saturated heterocycles. The van der Waals surface area contributed by atoms with Gasteiger partial charge in [-0.3, -0.25) is 0 Å². The Labute approximate surface area is 130 Å². The van der Waals surface area contributed by atoms with Crippen LogP contribution in [0.2, 0.25) is 0 Å². The average molecular weight is 293 g/mol. The van der Waals surface area contributed by atoms with Gasteiger partial charge in [0.2, 0.25) is 0 Å². The second kappa shape index (κ2) is 9.80. The zero-order valence-electron chi connectivity index (χ0n) is 14.2. The molecule has 0 spiro atoms. The lowest BCUT2D eigenvalue weighted by molar-refractivity contribution is 0.0848. The summed E-state index contributed by atoms with van der Waals surface area (Å²) in [6, 6.07) is 8.50. The smallest absolute Gasteiger partial charge is 0.119 e. The first-order valence-corrected chi connectivity index (χ1v) is 8.08. The van der Waals surface area contributed by atoms with Crippen LogP contribution in [0.5, 0.6) is 5.75 Å². The van der Waals surface area contributed by atoms with E-state index in [-0.39, 0.29) is 12.1 Å². The van der Waals surface area contributed by atoms with Crippen molar-refractivity contribution in [3.05, 3.63) is 29.8 Å². The fraction of sp³-hybridized carbons (Fsp3) is 0.667. The van der Waals surface area contributed by atoms with Gasteiger partial charge in [-0.15, -0.1) is 0 Å². The zero-order chi connectivity index (χ0) is 15.7. The van der Waals surface area contributed by atoms with E-state index in [1.807, 2.05) is 33.0 Å². The molecule has 0 radical (unpaired) electrons. The van der Waals surface area contributed by atoms with Crippen LogP contribution in [-0.2, 0) is 4.74 Å². The summed E-state index contributed by atoms with van der Waals surface area (Å²) >= 11 is 0. The number of nitrogens with one attached hydrogen (secondary N) is 1. The first-order valence-electron chi connectivity index (χ1n) is 8.08. The van der Waals surface area contributed by atoms with Crippen LogP contribution in [-0.4, -0.2) is 26.4 Å². The van der Waals surface area contributed by atoms with Gasteiger partial charge in [-0.05, 0) is 50.9 Å². The van der Waals surface area contributed by atoms with Gasteiger partial charge in [-0.2, -0.15) is 0 Å². The first-order chi connectivity index (χ1) is 10.1. The molecular formula is C18H31NO2. The van der Waals surface area contributed by atoms with Crippen LogP contribution in [0.1, 0.15) is 52.1 Å². The van der Waals surface area contributed by atoms with E-state index in [0.29, 0.717) is 12.5 Å². The summed E-state index contributed by atoms with van der Waals surface area (Å²) in [7, 11) is 1.97. The number of ether oxygens (including phenoxy) is 2. The van der Waals surface area contributed by atoms with Gasteiger partial charge in [0.15, 0.2) is 0 Å². The fourth-order valence-corrected chi connectivity index (χ4v) is 2.36. The van der Waals surface area contributed by atoms with Crippen molar-refractivity contribution < 1.29 is 9.47 Å². The highest BCUT2D eigenvalue weighted by Crippen LogP contribution is 2.19. The van der Waals surface area contributed by atoms with Gasteiger partial charge in [0.25, 0.3) is 0 Å². The Morgan fingerprint density at radius 2 is 1.71 bits per heavy atom. The fourth-order valence-electron chi connectivity index (χ4n) is 2.36. The molecule has 1 aromatic rings. The molecule has 0 heterocycles. The van der Waals surface area contributed by atoms with Crippen molar-refractivity contribution in [2.45, 2.75) is 52.7 Å². The van der Waals surface area contributed by atoms with Crippen LogP contribution in [0.25, 0.3) is 0 Å². The van der Waals surface area contributed by atoms with E-state index >= 15 is 0 Å². The summed E-state index contributed by atoms with van der Waals surface area (Å²) in [5, 5.41) is 3.32. The van der Waals surface area contributed by atoms with Crippen LogP contribution in [0.4, 0.5) is 0 Å². The minimum atomic E-state index is 0.208. The summed E-state index contributed by atoms with van der Waals surface area (Å²) < 4.78 is 11.5. The van der Waals surface area contributed by atoms with E-state index in [0.717, 1.165) is 12.4 Å². The van der Waals surface area contributed by atoms with Crippen molar-refractivity contribution in [1.82, 2.24) is 5.32 Å². The maximum Gasteiger partial charge on any atom is 0.119 e. The first kappa shape index (κ1) is 18.0. The lowest BCUT2D eigenvalue weighted by Gasteiger charge is -2.19. The number of likely N-dealkylation sites (N-methyl/N-ethyl adjacent to an activating group) is 1. The van der Waals surface area contributed by atoms with Crippen molar-refractivity contribution >= 4 is 0 Å². The molecule has 0 amide bonds. The van der Waals surface area contributed by atoms with Gasteiger partial charge in [-0.1, -0.05) is 32.4 Å². The van der Waals surface area contributed by atoms with Crippen molar-refractivity contribution in [3.8, 4) is 5.75 Å². The normalized spacial score (nSPS) is 14.2. The molecule has 0 fully saturated rings. The maximum atomic E-state index is 5.86. The molecule has 21 heavy (non-hydrogen) atoms. The quantitative estimate of drug-likeness (QED) is 0.702. The molecule has 1 rings (SSSR count). The third-order valence-electron chi connectivity index (χ3n) is 3.47. The second-order valence-electron chi connectivity index (χ2n) is 6.01. The van der Waals surface area contributed by atoms with Crippen LogP contribution in [0, 0.1) is 5.92 Å². The van der Waals surface area contributed by atoms with Crippen LogP contribution >= 0.6 is 0 Å². The Morgan fingerprint density at radius 1 is 1.05 bits per heavy atom. The minimum absolute atomic E-state index is 0.208. The highest BCUT2D eigenvalue weighted by Gasteiger charge is 2.11. The molecule has 2 atom stereocenters. The largest absolute Gasteiger partial charge is 0.491 e. The van der Waals surface area contributed by atoms with Gasteiger partial charge in [-0.25, -0.2) is 0 Å². The summed E-state index contributed by atoms with van der Waals surface area (Å²) in [4.78, 5) is 0. The highest BCUT2D eigenvalue weighted by molar-refractivity contribution is 5.29. The van der Waals surface area contributed by atoms with Gasteiger partial charge < -0.3 is 14.8 Å². The molecule has 0 aliphatic carbocycles. The predicted octanol–water partition coefficient (Wildman–Crippen LogP) is 4.19. The van der Waals surface area contributed by atoms with E-state index in [9.17, 15) is 0 Å². The van der Waals surface area contributed by atoms with Gasteiger partial charge >= 0.3 is 0 Å².